The van der Waals surface area contributed by atoms with Crippen LogP contribution in [0.4, 0.5) is 0 Å². The van der Waals surface area contributed by atoms with Crippen LogP contribution in [0.2, 0.25) is 0 Å². The predicted molar refractivity (Wildman–Crippen MR) is 92.2 cm³/mol. The second kappa shape index (κ2) is 5.07. The lowest BCUT2D eigenvalue weighted by molar-refractivity contribution is -0.157. The minimum atomic E-state index is -0.677. The number of hydrogen-bond donors (Lipinski definition) is 0. The highest BCUT2D eigenvalue weighted by atomic mass is 32.2. The molecule has 0 aromatic rings. The summed E-state index contributed by atoms with van der Waals surface area (Å²) in [4.78, 5) is 12.7. The smallest absolute Gasteiger partial charge is 0.316 e. The molecule has 3 heterocycles. The van der Waals surface area contributed by atoms with E-state index in [2.05, 4.69) is 19.1 Å². The molecule has 2 bridgehead atoms. The minimum Gasteiger partial charge on any atom is -0.468 e. The zero-order valence-electron chi connectivity index (χ0n) is 13.5. The Balaban J connectivity index is 1.84. The van der Waals surface area contributed by atoms with E-state index >= 15 is 0 Å². The zero-order chi connectivity index (χ0) is 16.4. The number of ether oxygens (including phenoxy) is 3. The Morgan fingerprint density at radius 1 is 1.43 bits per heavy atom. The molecule has 4 aliphatic rings. The summed E-state index contributed by atoms with van der Waals surface area (Å²) in [6.45, 7) is 4.55. The van der Waals surface area contributed by atoms with Crippen LogP contribution in [0.15, 0.2) is 23.3 Å². The maximum Gasteiger partial charge on any atom is 0.316 e. The summed E-state index contributed by atoms with van der Waals surface area (Å²) >= 11 is 6.65. The quantitative estimate of drug-likeness (QED) is 0.411. The summed E-state index contributed by atoms with van der Waals surface area (Å²) in [5.41, 5.74) is 1.07. The van der Waals surface area contributed by atoms with Crippen molar-refractivity contribution in [1.29, 1.82) is 0 Å². The third-order valence-corrected chi connectivity index (χ3v) is 6.80. The maximum atomic E-state index is 12.7. The van der Waals surface area contributed by atoms with E-state index in [0.717, 1.165) is 18.4 Å². The highest BCUT2D eigenvalue weighted by molar-refractivity contribution is 8.22. The second-order valence-electron chi connectivity index (χ2n) is 6.92. The number of esters is 1. The first-order valence-electron chi connectivity index (χ1n) is 7.91. The Bertz CT molecular complexity index is 655. The van der Waals surface area contributed by atoms with Gasteiger partial charge in [-0.2, -0.15) is 0 Å². The topological polar surface area (TPSA) is 44.8 Å². The van der Waals surface area contributed by atoms with Crippen LogP contribution >= 0.6 is 24.0 Å². The molecule has 0 unspecified atom stereocenters. The van der Waals surface area contributed by atoms with Crippen molar-refractivity contribution in [3.8, 4) is 0 Å². The van der Waals surface area contributed by atoms with Crippen molar-refractivity contribution in [2.75, 3.05) is 12.9 Å². The van der Waals surface area contributed by atoms with Gasteiger partial charge in [0, 0.05) is 5.92 Å². The molecule has 4 nitrogen and oxygen atoms in total. The predicted octanol–water partition coefficient (Wildman–Crippen LogP) is 3.02. The summed E-state index contributed by atoms with van der Waals surface area (Å²) in [5, 5.41) is 0. The molecule has 0 N–H and O–H groups in total. The Labute approximate surface area is 145 Å². The van der Waals surface area contributed by atoms with E-state index < -0.39 is 11.0 Å². The van der Waals surface area contributed by atoms with E-state index in [1.165, 1.54) is 17.3 Å². The van der Waals surface area contributed by atoms with Gasteiger partial charge in [-0.25, -0.2) is 0 Å². The highest BCUT2D eigenvalue weighted by Crippen LogP contribution is 2.64. The number of hydrogen-bond acceptors (Lipinski definition) is 6. The Kier molecular flexibility index (Phi) is 3.45. The molecule has 0 saturated carbocycles. The second-order valence-corrected chi connectivity index (χ2v) is 8.33. The Morgan fingerprint density at radius 3 is 2.96 bits per heavy atom. The third-order valence-electron chi connectivity index (χ3n) is 5.77. The number of thioether (sulfide) groups is 1. The molecule has 6 heteroatoms. The van der Waals surface area contributed by atoms with Gasteiger partial charge in [0.25, 0.3) is 0 Å². The minimum absolute atomic E-state index is 0.0164. The molecule has 23 heavy (non-hydrogen) atoms. The first-order chi connectivity index (χ1) is 10.9. The van der Waals surface area contributed by atoms with E-state index in [1.54, 1.807) is 0 Å². The molecule has 5 atom stereocenters. The van der Waals surface area contributed by atoms with Crippen LogP contribution in [-0.4, -0.2) is 41.0 Å². The summed E-state index contributed by atoms with van der Waals surface area (Å²) < 4.78 is 18.4. The molecule has 2 fully saturated rings. The number of rotatable bonds is 1. The summed E-state index contributed by atoms with van der Waals surface area (Å²) in [7, 11) is 0. The van der Waals surface area contributed by atoms with Crippen molar-refractivity contribution in [3.63, 3.8) is 0 Å². The monoisotopic (exact) mass is 352 g/mol. The van der Waals surface area contributed by atoms with Gasteiger partial charge in [-0.1, -0.05) is 17.3 Å². The van der Waals surface area contributed by atoms with Crippen LogP contribution in [0.1, 0.15) is 26.7 Å². The lowest BCUT2D eigenvalue weighted by Gasteiger charge is -2.42. The van der Waals surface area contributed by atoms with Gasteiger partial charge < -0.3 is 14.2 Å². The van der Waals surface area contributed by atoms with E-state index in [9.17, 15) is 4.79 Å². The molecular formula is C17H20O4S2. The van der Waals surface area contributed by atoms with Gasteiger partial charge >= 0.3 is 5.97 Å². The van der Waals surface area contributed by atoms with E-state index in [1.807, 2.05) is 13.2 Å². The Morgan fingerprint density at radius 2 is 2.22 bits per heavy atom. The number of thiocarbonyl (C=S) groups is 1. The average molecular weight is 352 g/mol. The molecule has 2 saturated heterocycles. The molecule has 2 spiro atoms. The van der Waals surface area contributed by atoms with Crippen molar-refractivity contribution < 1.29 is 19.0 Å². The standard InChI is InChI=1S/C17H20O4S2/c1-9-4-5-17-11(8-19-14(17)18)13-12(20-15(22)23-3)10(2)7-16(17,6-9)21-13/h6-7,11-13H,4-5,8H2,1-3H3/t11-,12-,13-,16-,17+/m1/s1. The zero-order valence-corrected chi connectivity index (χ0v) is 15.1. The normalized spacial score (nSPS) is 44.0. The van der Waals surface area contributed by atoms with Gasteiger partial charge in [-0.05, 0) is 62.9 Å². The van der Waals surface area contributed by atoms with Gasteiger partial charge in [-0.15, -0.1) is 0 Å². The number of carbonyl (C=O) groups is 1. The summed E-state index contributed by atoms with van der Waals surface area (Å²) in [5.74, 6) is -0.103. The van der Waals surface area contributed by atoms with Crippen LogP contribution < -0.4 is 0 Å². The van der Waals surface area contributed by atoms with Crippen molar-refractivity contribution in [3.05, 3.63) is 23.3 Å². The maximum absolute atomic E-state index is 12.7. The number of cyclic esters (lactones) is 1. The molecular weight excluding hydrogens is 332 g/mol. The highest BCUT2D eigenvalue weighted by Gasteiger charge is 2.74. The molecule has 0 amide bonds. The number of fused-ring (bicyclic) bond motifs is 2. The lowest BCUT2D eigenvalue weighted by Crippen LogP contribution is -2.50. The first kappa shape index (κ1) is 15.7. The van der Waals surface area contributed by atoms with Crippen molar-refractivity contribution in [1.82, 2.24) is 0 Å². The molecule has 124 valence electrons. The van der Waals surface area contributed by atoms with E-state index in [4.69, 9.17) is 26.4 Å². The molecule has 0 radical (unpaired) electrons. The molecule has 1 aliphatic carbocycles. The average Bonchev–Trinajstić information content (AvgIpc) is 2.95. The number of allylic oxidation sites excluding steroid dienone is 1. The Hall–Kier alpha value is -0.850. The third kappa shape index (κ3) is 1.88. The fraction of sp³-hybridized carbons (Fsp3) is 0.647. The fourth-order valence-corrected chi connectivity index (χ4v) is 5.08. The molecule has 4 rings (SSSR count). The van der Waals surface area contributed by atoms with Gasteiger partial charge in [0.15, 0.2) is 0 Å². The largest absolute Gasteiger partial charge is 0.468 e. The van der Waals surface area contributed by atoms with Gasteiger partial charge in [0.1, 0.15) is 23.2 Å². The molecule has 3 aliphatic heterocycles. The first-order valence-corrected chi connectivity index (χ1v) is 9.54. The molecule has 0 aromatic heterocycles. The van der Waals surface area contributed by atoms with Crippen LogP contribution in [0.25, 0.3) is 0 Å². The van der Waals surface area contributed by atoms with Crippen molar-refractivity contribution in [2.24, 2.45) is 11.3 Å². The van der Waals surface area contributed by atoms with Crippen LogP contribution in [0.3, 0.4) is 0 Å². The number of carbonyl (C=O) groups excluding carboxylic acids is 1. The summed E-state index contributed by atoms with van der Waals surface area (Å²) in [6.07, 6.45) is 7.35. The van der Waals surface area contributed by atoms with Gasteiger partial charge in [0.2, 0.25) is 4.38 Å². The van der Waals surface area contributed by atoms with Gasteiger partial charge in [0.05, 0.1) is 6.61 Å². The SMILES string of the molecule is CSC(=S)O[C@@H]1C(C)=C[C@]23C=C(C)CC[C@]24C(=O)OC[C@@H]4[C@H]1O3. The summed E-state index contributed by atoms with van der Waals surface area (Å²) in [6, 6.07) is 0. The fourth-order valence-electron chi connectivity index (χ4n) is 4.77. The van der Waals surface area contributed by atoms with Crippen LogP contribution in [0.5, 0.6) is 0 Å². The van der Waals surface area contributed by atoms with E-state index in [0.29, 0.717) is 11.0 Å². The lowest BCUT2D eigenvalue weighted by atomic mass is 9.61. The van der Waals surface area contributed by atoms with E-state index in [-0.39, 0.29) is 24.1 Å². The molecule has 0 aromatic carbocycles. The van der Waals surface area contributed by atoms with Crippen molar-refractivity contribution >= 4 is 34.3 Å². The van der Waals surface area contributed by atoms with Gasteiger partial charge in [-0.3, -0.25) is 4.79 Å². The van der Waals surface area contributed by atoms with Crippen LogP contribution in [-0.2, 0) is 19.0 Å². The van der Waals surface area contributed by atoms with Crippen LogP contribution in [0, 0.1) is 11.3 Å². The van der Waals surface area contributed by atoms with Crippen molar-refractivity contribution in [2.45, 2.75) is 44.5 Å².